The number of likely N-dealkylation sites (N-methyl/N-ethyl adjacent to an activating group) is 6. The first-order valence-electron chi connectivity index (χ1n) is 33.5. The molecular formula is C70H100F3IN12O12. The monoisotopic (exact) mass is 1480 g/mol. The minimum atomic E-state index is -4.70. The summed E-state index contributed by atoms with van der Waals surface area (Å²) in [5.41, 5.74) is -2.02. The lowest BCUT2D eigenvalue weighted by Crippen LogP contribution is -2.65. The van der Waals surface area contributed by atoms with Gasteiger partial charge in [0.05, 0.1) is 18.5 Å². The van der Waals surface area contributed by atoms with E-state index < -0.39 is 168 Å². The quantitative estimate of drug-likeness (QED) is 0.172. The highest BCUT2D eigenvalue weighted by atomic mass is 127. The lowest BCUT2D eigenvalue weighted by atomic mass is 9.94. The van der Waals surface area contributed by atoms with Gasteiger partial charge in [-0.15, -0.1) is 12.3 Å². The van der Waals surface area contributed by atoms with Gasteiger partial charge in [0.15, 0.2) is 0 Å². The molecule has 2 unspecified atom stereocenters. The number of likely N-dealkylation sites (tertiary alicyclic amines) is 1. The van der Waals surface area contributed by atoms with Crippen molar-refractivity contribution in [2.45, 2.75) is 199 Å². The molecule has 0 saturated carbocycles. The molecule has 10 atom stereocenters. The number of halogens is 4. The summed E-state index contributed by atoms with van der Waals surface area (Å²) in [5.74, 6) is -7.73. The van der Waals surface area contributed by atoms with Crippen LogP contribution in [0, 0.1) is 33.7 Å². The van der Waals surface area contributed by atoms with Crippen LogP contribution in [0.5, 0.6) is 0 Å². The number of carbonyl (C=O) groups excluding carboxylic acids is 12. The van der Waals surface area contributed by atoms with Crippen LogP contribution in [0.25, 0.3) is 0 Å². The Kier molecular flexibility index (Phi) is 29.1. The van der Waals surface area contributed by atoms with Gasteiger partial charge in [0.25, 0.3) is 0 Å². The van der Waals surface area contributed by atoms with Crippen LogP contribution in [-0.2, 0) is 76.6 Å². The maximum Gasteiger partial charge on any atom is 0.416 e. The van der Waals surface area contributed by atoms with E-state index in [2.05, 4.69) is 49.8 Å². The molecule has 0 spiro atoms. The van der Waals surface area contributed by atoms with Crippen LogP contribution >= 0.6 is 22.6 Å². The summed E-state index contributed by atoms with van der Waals surface area (Å²) in [6, 6.07) is -1.32. The standard InChI is InChI=1S/C70H100F3IN12O12/c1-17-23-49-63(93)84(16)69(9,10)68(98)77-51(34-41(3)4)62(92)82(14)55(66(96)85-31-20-19-21-32-85)39-57(88)81(13)53(35-42(5)6)60(90)78-58(43(7)18-2)67(97)80(12)44(8)61(91)86-33-30-52(86)65(95)83(15)54(38-45-26-28-47(29-27-45)70(71,72)73)64(94)79(11)40-56(87)75-50(59(89)76-49)37-46-24-22-25-48(74)36-46/h1,22,24-29,36,41-44,49-55,58H,18-21,23,30-35,37-40H2,2-16H3,(H,75,87)(H,76,89)(H,77,98)(H,78,90)/t43-,44-,49-,50-,51-,52?,53?,54-,55-,58-/m0/s1. The summed E-state index contributed by atoms with van der Waals surface area (Å²) in [5, 5.41) is 11.0. The molecule has 3 fully saturated rings. The number of rotatable bonds is 12. The number of nitrogens with zero attached hydrogens (tertiary/aromatic N) is 8. The van der Waals surface area contributed by atoms with E-state index in [9.17, 15) is 65.9 Å². The number of benzene rings is 2. The average Bonchev–Trinajstić information content (AvgIpc) is 0.783. The van der Waals surface area contributed by atoms with Gasteiger partial charge in [-0.1, -0.05) is 72.2 Å². The van der Waals surface area contributed by atoms with E-state index >= 15 is 4.79 Å². The second kappa shape index (κ2) is 35.3. The van der Waals surface area contributed by atoms with Crippen LogP contribution in [-0.4, -0.2) is 238 Å². The predicted molar refractivity (Wildman–Crippen MR) is 369 cm³/mol. The molecule has 3 heterocycles. The minimum Gasteiger partial charge on any atom is -0.342 e. The number of carbonyl (C=O) groups is 12. The van der Waals surface area contributed by atoms with E-state index in [-0.39, 0.29) is 56.0 Å². The smallest absolute Gasteiger partial charge is 0.342 e. The normalized spacial score (nSPS) is 25.5. The Bertz CT molecular complexity index is 3280. The number of nitrogens with one attached hydrogen (secondary N) is 4. The van der Waals surface area contributed by atoms with E-state index in [1.165, 1.54) is 72.9 Å². The predicted octanol–water partition coefficient (Wildman–Crippen LogP) is 4.24. The van der Waals surface area contributed by atoms with Crippen molar-refractivity contribution < 1.29 is 70.7 Å². The van der Waals surface area contributed by atoms with Crippen molar-refractivity contribution in [3.8, 4) is 12.3 Å². The number of piperidine rings is 1. The first kappa shape index (κ1) is 80.8. The maximum absolute atomic E-state index is 15.1. The van der Waals surface area contributed by atoms with Crippen LogP contribution in [0.15, 0.2) is 48.5 Å². The fourth-order valence-electron chi connectivity index (χ4n) is 12.1. The van der Waals surface area contributed by atoms with Crippen molar-refractivity contribution in [3.63, 3.8) is 0 Å². The molecule has 0 bridgehead atoms. The van der Waals surface area contributed by atoms with Gasteiger partial charge in [-0.3, -0.25) is 57.5 Å². The van der Waals surface area contributed by atoms with Crippen molar-refractivity contribution >= 4 is 93.5 Å². The lowest BCUT2D eigenvalue weighted by Gasteiger charge is -2.45. The molecule has 28 heteroatoms. The largest absolute Gasteiger partial charge is 0.416 e. The van der Waals surface area contributed by atoms with Gasteiger partial charge >= 0.3 is 6.18 Å². The molecule has 0 aromatic heterocycles. The maximum atomic E-state index is 15.1. The van der Waals surface area contributed by atoms with Crippen molar-refractivity contribution in [1.82, 2.24) is 60.5 Å². The third-order valence-electron chi connectivity index (χ3n) is 19.2. The molecule has 0 aliphatic carbocycles. The van der Waals surface area contributed by atoms with Gasteiger partial charge in [0.2, 0.25) is 70.9 Å². The number of hydrogen-bond donors (Lipinski definition) is 4. The van der Waals surface area contributed by atoms with E-state index in [4.69, 9.17) is 6.42 Å². The molecule has 98 heavy (non-hydrogen) atoms. The van der Waals surface area contributed by atoms with Crippen molar-refractivity contribution in [3.05, 3.63) is 68.8 Å². The number of terminal acetylenes is 1. The summed E-state index contributed by atoms with van der Waals surface area (Å²) in [6.45, 7) is 15.1. The van der Waals surface area contributed by atoms with Crippen molar-refractivity contribution in [2.24, 2.45) is 17.8 Å². The number of fused-ring (bicyclic) bond motifs is 1. The van der Waals surface area contributed by atoms with Crippen molar-refractivity contribution in [1.29, 1.82) is 0 Å². The third kappa shape index (κ3) is 20.6. The summed E-state index contributed by atoms with van der Waals surface area (Å²) in [6.07, 6.45) is 2.33. The third-order valence-corrected chi connectivity index (χ3v) is 19.8. The Morgan fingerprint density at radius 1 is 0.663 bits per heavy atom. The molecule has 0 radical (unpaired) electrons. The molecular weight excluding hydrogens is 1380 g/mol. The van der Waals surface area contributed by atoms with E-state index in [0.717, 1.165) is 58.8 Å². The summed E-state index contributed by atoms with van der Waals surface area (Å²) >= 11 is 2.07. The zero-order valence-electron chi connectivity index (χ0n) is 59.2. The molecule has 3 aliphatic heterocycles. The van der Waals surface area contributed by atoms with Gasteiger partial charge < -0.3 is 60.5 Å². The summed E-state index contributed by atoms with van der Waals surface area (Å²) < 4.78 is 42.1. The Morgan fingerprint density at radius 3 is 1.84 bits per heavy atom. The molecule has 12 amide bonds. The van der Waals surface area contributed by atoms with Crippen LogP contribution in [0.3, 0.4) is 0 Å². The Hall–Kier alpha value is -7.84. The zero-order chi connectivity index (χ0) is 73.6. The van der Waals surface area contributed by atoms with E-state index in [1.54, 1.807) is 43.0 Å². The fourth-order valence-corrected chi connectivity index (χ4v) is 12.8. The number of amides is 12. The second-order valence-corrected chi connectivity index (χ2v) is 28.9. The van der Waals surface area contributed by atoms with Crippen LogP contribution in [0.4, 0.5) is 13.2 Å². The van der Waals surface area contributed by atoms with Crippen LogP contribution < -0.4 is 21.3 Å². The Balaban J connectivity index is 1.64. The molecule has 2 aromatic carbocycles. The second-order valence-electron chi connectivity index (χ2n) is 27.6. The van der Waals surface area contributed by atoms with Crippen LogP contribution in [0.2, 0.25) is 0 Å². The minimum absolute atomic E-state index is 0.0298. The van der Waals surface area contributed by atoms with Crippen LogP contribution in [0.1, 0.15) is 137 Å². The first-order valence-corrected chi connectivity index (χ1v) is 34.6. The van der Waals surface area contributed by atoms with Gasteiger partial charge in [-0.2, -0.15) is 13.2 Å². The van der Waals surface area contributed by atoms with Crippen molar-refractivity contribution in [2.75, 3.05) is 68.5 Å². The molecule has 540 valence electrons. The highest BCUT2D eigenvalue weighted by Gasteiger charge is 2.47. The SMILES string of the molecule is C#CC[C@@H]1NC(=O)[C@H](Cc2cccc(I)c2)NC(=O)CN(C)C(=O)[C@H](Cc2ccc(C(F)(F)F)cc2)N(C)C(=O)C2CCN2C(=O)[C@H](C)N(C)C(=O)[C@H]([C@@H](C)CC)NC(=O)C(CC(C)C)N(C)C(=O)C[C@@H](C(=O)N2CCCCC2)N(C)C(=O)[C@H](CC(C)C)NC(=O)C(C)(C)N(C)C1=O. The molecule has 24 nitrogen and oxygen atoms in total. The highest BCUT2D eigenvalue weighted by molar-refractivity contribution is 14.1. The van der Waals surface area contributed by atoms with Gasteiger partial charge in [0.1, 0.15) is 59.9 Å². The Morgan fingerprint density at radius 2 is 1.29 bits per heavy atom. The van der Waals surface area contributed by atoms with E-state index in [1.807, 2.05) is 27.7 Å². The average molecular weight is 1490 g/mol. The fraction of sp³-hybridized carbons (Fsp3) is 0.629. The summed E-state index contributed by atoms with van der Waals surface area (Å²) in [7, 11) is 7.97. The van der Waals surface area contributed by atoms with Gasteiger partial charge in [-0.05, 0) is 135 Å². The summed E-state index contributed by atoms with van der Waals surface area (Å²) in [4.78, 5) is 187. The Labute approximate surface area is 588 Å². The highest BCUT2D eigenvalue weighted by Crippen LogP contribution is 2.31. The van der Waals surface area contributed by atoms with Gasteiger partial charge in [0, 0.05) is 84.8 Å². The molecule has 3 saturated heterocycles. The van der Waals surface area contributed by atoms with E-state index in [0.29, 0.717) is 37.9 Å². The number of hydrogen-bond acceptors (Lipinski definition) is 12. The molecule has 2 aromatic rings. The number of alkyl halides is 3. The topological polar surface area (TPSA) is 279 Å². The van der Waals surface area contributed by atoms with Gasteiger partial charge in [-0.25, -0.2) is 0 Å². The zero-order valence-corrected chi connectivity index (χ0v) is 61.4. The lowest BCUT2D eigenvalue weighted by molar-refractivity contribution is -0.160. The molecule has 4 N–H and O–H groups in total. The molecule has 5 rings (SSSR count). The molecule has 3 aliphatic rings. The first-order chi connectivity index (χ1) is 45.8.